The average molecular weight is 241 g/mol. The second-order valence-electron chi connectivity index (χ2n) is 4.78. The summed E-state index contributed by atoms with van der Waals surface area (Å²) in [5.41, 5.74) is 4.69. The first-order valence-corrected chi connectivity index (χ1v) is 6.19. The molecule has 1 unspecified atom stereocenters. The molecular formula is C16H19NO. The van der Waals surface area contributed by atoms with Crippen molar-refractivity contribution in [3.63, 3.8) is 0 Å². The lowest BCUT2D eigenvalue weighted by Gasteiger charge is -2.18. The maximum atomic E-state index is 9.50. The molecule has 2 rings (SSSR count). The van der Waals surface area contributed by atoms with Gasteiger partial charge in [0.15, 0.2) is 0 Å². The Balaban J connectivity index is 2.21. The number of nitrogens with one attached hydrogen (secondary N) is 1. The first-order chi connectivity index (χ1) is 8.56. The van der Waals surface area contributed by atoms with Crippen LogP contribution in [0.1, 0.15) is 29.7 Å². The fraction of sp³-hybridized carbons (Fsp3) is 0.250. The van der Waals surface area contributed by atoms with E-state index in [9.17, 15) is 5.11 Å². The number of benzene rings is 2. The van der Waals surface area contributed by atoms with Gasteiger partial charge in [-0.3, -0.25) is 0 Å². The number of hydrogen-bond donors (Lipinski definition) is 2. The van der Waals surface area contributed by atoms with Gasteiger partial charge in [-0.2, -0.15) is 0 Å². The van der Waals surface area contributed by atoms with Crippen LogP contribution in [-0.4, -0.2) is 5.11 Å². The smallest absolute Gasteiger partial charge is 0.115 e. The summed E-state index contributed by atoms with van der Waals surface area (Å²) >= 11 is 0. The van der Waals surface area contributed by atoms with E-state index in [1.54, 1.807) is 12.1 Å². The van der Waals surface area contributed by atoms with Gasteiger partial charge in [-0.25, -0.2) is 0 Å². The van der Waals surface area contributed by atoms with E-state index in [1.807, 2.05) is 12.1 Å². The second kappa shape index (κ2) is 5.13. The molecule has 0 aliphatic rings. The highest BCUT2D eigenvalue weighted by Crippen LogP contribution is 2.24. The molecule has 0 spiro atoms. The predicted octanol–water partition coefficient (Wildman–Crippen LogP) is 4.18. The van der Waals surface area contributed by atoms with Gasteiger partial charge in [-0.15, -0.1) is 0 Å². The zero-order valence-electron chi connectivity index (χ0n) is 11.1. The van der Waals surface area contributed by atoms with Gasteiger partial charge < -0.3 is 10.4 Å². The summed E-state index contributed by atoms with van der Waals surface area (Å²) in [4.78, 5) is 0. The van der Waals surface area contributed by atoms with E-state index in [4.69, 9.17) is 0 Å². The predicted molar refractivity (Wildman–Crippen MR) is 76.1 cm³/mol. The van der Waals surface area contributed by atoms with Crippen molar-refractivity contribution in [2.24, 2.45) is 0 Å². The molecule has 0 aliphatic carbocycles. The highest BCUT2D eigenvalue weighted by atomic mass is 16.3. The van der Waals surface area contributed by atoms with E-state index in [1.165, 1.54) is 11.1 Å². The summed E-state index contributed by atoms with van der Waals surface area (Å²) in [6.45, 7) is 6.27. The van der Waals surface area contributed by atoms with Crippen LogP contribution in [0.5, 0.6) is 5.75 Å². The van der Waals surface area contributed by atoms with Crippen LogP contribution in [0.25, 0.3) is 0 Å². The van der Waals surface area contributed by atoms with E-state index in [2.05, 4.69) is 44.3 Å². The first kappa shape index (κ1) is 12.5. The van der Waals surface area contributed by atoms with Crippen LogP contribution >= 0.6 is 0 Å². The summed E-state index contributed by atoms with van der Waals surface area (Å²) in [5, 5.41) is 13.0. The molecule has 0 aromatic heterocycles. The molecule has 2 aromatic rings. The molecule has 2 heteroatoms. The molecule has 0 saturated heterocycles. The monoisotopic (exact) mass is 241 g/mol. The Bertz CT molecular complexity index is 549. The Morgan fingerprint density at radius 3 is 2.56 bits per heavy atom. The van der Waals surface area contributed by atoms with Crippen molar-refractivity contribution in [1.29, 1.82) is 0 Å². The van der Waals surface area contributed by atoms with Gasteiger partial charge in [0.2, 0.25) is 0 Å². The molecule has 2 aromatic carbocycles. The molecule has 2 nitrogen and oxygen atoms in total. The number of aromatic hydroxyl groups is 1. The second-order valence-corrected chi connectivity index (χ2v) is 4.78. The standard InChI is InChI=1S/C16H19NO/c1-11-7-8-12(2)16(9-11)17-13(3)14-5-4-6-15(18)10-14/h4-10,13,17-18H,1-3H3. The average Bonchev–Trinajstić information content (AvgIpc) is 2.34. The first-order valence-electron chi connectivity index (χ1n) is 6.19. The molecule has 0 radical (unpaired) electrons. The van der Waals surface area contributed by atoms with Gasteiger partial charge in [0.05, 0.1) is 0 Å². The minimum absolute atomic E-state index is 0.164. The molecule has 1 atom stereocenters. The Labute approximate surface area is 108 Å². The number of phenols is 1. The molecule has 0 fully saturated rings. The Morgan fingerprint density at radius 1 is 1.06 bits per heavy atom. The lowest BCUT2D eigenvalue weighted by atomic mass is 10.1. The van der Waals surface area contributed by atoms with Crippen molar-refractivity contribution in [3.8, 4) is 5.75 Å². The molecule has 0 bridgehead atoms. The summed E-state index contributed by atoms with van der Waals surface area (Å²) in [7, 11) is 0. The molecule has 0 saturated carbocycles. The third-order valence-corrected chi connectivity index (χ3v) is 3.14. The number of rotatable bonds is 3. The third-order valence-electron chi connectivity index (χ3n) is 3.14. The number of hydrogen-bond acceptors (Lipinski definition) is 2. The quantitative estimate of drug-likeness (QED) is 0.844. The SMILES string of the molecule is Cc1ccc(C)c(NC(C)c2cccc(O)c2)c1. The minimum atomic E-state index is 0.164. The van der Waals surface area contributed by atoms with Crippen LogP contribution in [-0.2, 0) is 0 Å². The van der Waals surface area contributed by atoms with E-state index >= 15 is 0 Å². The topological polar surface area (TPSA) is 32.3 Å². The Hall–Kier alpha value is -1.96. The van der Waals surface area contributed by atoms with Gasteiger partial charge in [0.1, 0.15) is 5.75 Å². The van der Waals surface area contributed by atoms with Crippen LogP contribution in [0.3, 0.4) is 0 Å². The third kappa shape index (κ3) is 2.83. The molecule has 94 valence electrons. The summed E-state index contributed by atoms with van der Waals surface area (Å²) < 4.78 is 0. The van der Waals surface area contributed by atoms with Crippen molar-refractivity contribution in [2.45, 2.75) is 26.8 Å². The fourth-order valence-electron chi connectivity index (χ4n) is 2.00. The number of anilines is 1. The van der Waals surface area contributed by atoms with Crippen molar-refractivity contribution >= 4 is 5.69 Å². The maximum Gasteiger partial charge on any atom is 0.115 e. The fourth-order valence-corrected chi connectivity index (χ4v) is 2.00. The number of phenolic OH excluding ortho intramolecular Hbond substituents is 1. The largest absolute Gasteiger partial charge is 0.508 e. The molecule has 0 aliphatic heterocycles. The summed E-state index contributed by atoms with van der Waals surface area (Å²) in [6.07, 6.45) is 0. The minimum Gasteiger partial charge on any atom is -0.508 e. The lowest BCUT2D eigenvalue weighted by Crippen LogP contribution is -2.07. The molecule has 2 N–H and O–H groups in total. The van der Waals surface area contributed by atoms with Crippen LogP contribution in [0, 0.1) is 13.8 Å². The van der Waals surface area contributed by atoms with Crippen LogP contribution in [0.4, 0.5) is 5.69 Å². The van der Waals surface area contributed by atoms with Crippen LogP contribution < -0.4 is 5.32 Å². The Kier molecular flexibility index (Phi) is 3.56. The van der Waals surface area contributed by atoms with E-state index in [0.717, 1.165) is 11.3 Å². The van der Waals surface area contributed by atoms with Gasteiger partial charge in [-0.1, -0.05) is 24.3 Å². The molecule has 0 heterocycles. The van der Waals surface area contributed by atoms with Crippen molar-refractivity contribution in [2.75, 3.05) is 5.32 Å². The normalized spacial score (nSPS) is 12.2. The summed E-state index contributed by atoms with van der Waals surface area (Å²) in [6, 6.07) is 13.9. The zero-order valence-corrected chi connectivity index (χ0v) is 11.1. The lowest BCUT2D eigenvalue weighted by molar-refractivity contribution is 0.474. The molecule has 0 amide bonds. The zero-order chi connectivity index (χ0) is 13.1. The van der Waals surface area contributed by atoms with Crippen LogP contribution in [0.2, 0.25) is 0 Å². The van der Waals surface area contributed by atoms with Gasteiger partial charge in [-0.05, 0) is 55.7 Å². The van der Waals surface area contributed by atoms with Gasteiger partial charge in [0, 0.05) is 11.7 Å². The van der Waals surface area contributed by atoms with Gasteiger partial charge >= 0.3 is 0 Å². The highest BCUT2D eigenvalue weighted by Gasteiger charge is 2.07. The van der Waals surface area contributed by atoms with Gasteiger partial charge in [0.25, 0.3) is 0 Å². The number of aryl methyl sites for hydroxylation is 2. The molecular weight excluding hydrogens is 222 g/mol. The summed E-state index contributed by atoms with van der Waals surface area (Å²) in [5.74, 6) is 0.308. The highest BCUT2D eigenvalue weighted by molar-refractivity contribution is 5.54. The van der Waals surface area contributed by atoms with E-state index < -0.39 is 0 Å². The Morgan fingerprint density at radius 2 is 1.83 bits per heavy atom. The van der Waals surface area contributed by atoms with Crippen molar-refractivity contribution in [1.82, 2.24) is 0 Å². The molecule has 18 heavy (non-hydrogen) atoms. The van der Waals surface area contributed by atoms with Crippen molar-refractivity contribution < 1.29 is 5.11 Å². The van der Waals surface area contributed by atoms with E-state index in [-0.39, 0.29) is 6.04 Å². The van der Waals surface area contributed by atoms with Crippen molar-refractivity contribution in [3.05, 3.63) is 59.2 Å². The maximum absolute atomic E-state index is 9.50. The van der Waals surface area contributed by atoms with Crippen LogP contribution in [0.15, 0.2) is 42.5 Å². The van der Waals surface area contributed by atoms with E-state index in [0.29, 0.717) is 5.75 Å².